The van der Waals surface area contributed by atoms with Gasteiger partial charge < -0.3 is 10.0 Å². The molecule has 1 aliphatic heterocycles. The second kappa shape index (κ2) is 5.00. The number of halogens is 1. The van der Waals surface area contributed by atoms with Crippen LogP contribution in [0.4, 0.5) is 10.1 Å². The van der Waals surface area contributed by atoms with E-state index in [1.807, 2.05) is 0 Å². The largest absolute Gasteiger partial charge is 0.478 e. The number of hydrogen-bond acceptors (Lipinski definition) is 2. The van der Waals surface area contributed by atoms with Crippen molar-refractivity contribution in [2.24, 2.45) is 0 Å². The summed E-state index contributed by atoms with van der Waals surface area (Å²) >= 11 is 0. The van der Waals surface area contributed by atoms with Gasteiger partial charge in [-0.1, -0.05) is 0 Å². The molecule has 94 valence electrons. The first-order valence-corrected chi connectivity index (χ1v) is 5.59. The van der Waals surface area contributed by atoms with Crippen LogP contribution in [0.5, 0.6) is 0 Å². The van der Waals surface area contributed by atoms with Gasteiger partial charge in [0.15, 0.2) is 0 Å². The van der Waals surface area contributed by atoms with Crippen LogP contribution < -0.4 is 4.90 Å². The van der Waals surface area contributed by atoms with Crippen LogP contribution in [0, 0.1) is 5.82 Å². The third-order valence-electron chi connectivity index (χ3n) is 2.77. The number of amides is 1. The molecule has 1 heterocycles. The third kappa shape index (κ3) is 2.56. The standard InChI is InChI=1S/C13H12FNO3/c14-11-5-4-10(15-7-1-2-12(15)16)8-9(11)3-6-13(17)18/h3-6,8H,1-2,7H2,(H,17,18)/b6-3+. The van der Waals surface area contributed by atoms with E-state index in [2.05, 4.69) is 0 Å². The first kappa shape index (κ1) is 12.3. The molecule has 0 radical (unpaired) electrons. The first-order chi connectivity index (χ1) is 8.58. The minimum atomic E-state index is -1.14. The molecule has 0 spiro atoms. The van der Waals surface area contributed by atoms with Crippen molar-refractivity contribution < 1.29 is 19.1 Å². The maximum atomic E-state index is 13.5. The Labute approximate surface area is 103 Å². The van der Waals surface area contributed by atoms with Crippen LogP contribution in [0.25, 0.3) is 6.08 Å². The molecule has 1 aromatic carbocycles. The highest BCUT2D eigenvalue weighted by Gasteiger charge is 2.22. The number of carboxylic acid groups (broad SMARTS) is 1. The Morgan fingerprint density at radius 3 is 2.83 bits per heavy atom. The topological polar surface area (TPSA) is 57.6 Å². The number of hydrogen-bond donors (Lipinski definition) is 1. The number of rotatable bonds is 3. The van der Waals surface area contributed by atoms with Gasteiger partial charge in [-0.3, -0.25) is 4.79 Å². The molecule has 0 bridgehead atoms. The van der Waals surface area contributed by atoms with Gasteiger partial charge in [0.2, 0.25) is 5.91 Å². The van der Waals surface area contributed by atoms with Crippen LogP contribution in [0.15, 0.2) is 24.3 Å². The summed E-state index contributed by atoms with van der Waals surface area (Å²) < 4.78 is 13.5. The summed E-state index contributed by atoms with van der Waals surface area (Å²) in [5, 5.41) is 8.51. The van der Waals surface area contributed by atoms with Gasteiger partial charge in [-0.15, -0.1) is 0 Å². The van der Waals surface area contributed by atoms with E-state index in [0.29, 0.717) is 18.7 Å². The van der Waals surface area contributed by atoms with Gasteiger partial charge in [-0.25, -0.2) is 9.18 Å². The van der Waals surface area contributed by atoms with Gasteiger partial charge in [-0.2, -0.15) is 0 Å². The molecule has 5 heteroatoms. The van der Waals surface area contributed by atoms with E-state index < -0.39 is 11.8 Å². The number of nitrogens with zero attached hydrogens (tertiary/aromatic N) is 1. The Balaban J connectivity index is 2.31. The lowest BCUT2D eigenvalue weighted by molar-refractivity contribution is -0.131. The zero-order valence-corrected chi connectivity index (χ0v) is 9.60. The third-order valence-corrected chi connectivity index (χ3v) is 2.77. The molecule has 4 nitrogen and oxygen atoms in total. The van der Waals surface area contributed by atoms with E-state index in [4.69, 9.17) is 5.11 Å². The lowest BCUT2D eigenvalue weighted by atomic mass is 10.1. The molecule has 18 heavy (non-hydrogen) atoms. The number of benzene rings is 1. The first-order valence-electron chi connectivity index (χ1n) is 5.59. The van der Waals surface area contributed by atoms with E-state index >= 15 is 0 Å². The van der Waals surface area contributed by atoms with Gasteiger partial charge in [0, 0.05) is 30.3 Å². The summed E-state index contributed by atoms with van der Waals surface area (Å²) in [6.45, 7) is 0.618. The van der Waals surface area contributed by atoms with Crippen LogP contribution >= 0.6 is 0 Å². The smallest absolute Gasteiger partial charge is 0.328 e. The normalized spacial score (nSPS) is 15.6. The fourth-order valence-corrected chi connectivity index (χ4v) is 1.91. The molecule has 0 aromatic heterocycles. The molecule has 0 unspecified atom stereocenters. The van der Waals surface area contributed by atoms with Crippen molar-refractivity contribution in [2.75, 3.05) is 11.4 Å². The summed E-state index contributed by atoms with van der Waals surface area (Å²) in [6.07, 6.45) is 3.34. The Morgan fingerprint density at radius 2 is 2.22 bits per heavy atom. The molecule has 1 amide bonds. The Bertz CT molecular complexity index is 525. The monoisotopic (exact) mass is 249 g/mol. The highest BCUT2D eigenvalue weighted by atomic mass is 19.1. The highest BCUT2D eigenvalue weighted by Crippen LogP contribution is 2.24. The minimum absolute atomic E-state index is 0.00905. The molecule has 0 saturated carbocycles. The van der Waals surface area contributed by atoms with E-state index in [1.54, 1.807) is 4.90 Å². The van der Waals surface area contributed by atoms with Crippen LogP contribution in [0.2, 0.25) is 0 Å². The second-order valence-corrected chi connectivity index (χ2v) is 4.03. The molecule has 0 aliphatic carbocycles. The quantitative estimate of drug-likeness (QED) is 0.834. The van der Waals surface area contributed by atoms with E-state index in [0.717, 1.165) is 12.5 Å². The molecule has 1 N–H and O–H groups in total. The summed E-state index contributed by atoms with van der Waals surface area (Å²) in [4.78, 5) is 23.5. The van der Waals surface area contributed by atoms with Crippen LogP contribution in [-0.4, -0.2) is 23.5 Å². The number of carbonyl (C=O) groups is 2. The summed E-state index contributed by atoms with van der Waals surface area (Å²) in [5.41, 5.74) is 0.763. The van der Waals surface area contributed by atoms with Crippen molar-refractivity contribution in [3.63, 3.8) is 0 Å². The SMILES string of the molecule is O=C(O)/C=C/c1cc(N2CCCC2=O)ccc1F. The molecule has 2 rings (SSSR count). The van der Waals surface area contributed by atoms with Gasteiger partial charge in [0.25, 0.3) is 0 Å². The average Bonchev–Trinajstić information content (AvgIpc) is 2.74. The van der Waals surface area contributed by atoms with Gasteiger partial charge in [0.1, 0.15) is 5.82 Å². The van der Waals surface area contributed by atoms with Crippen molar-refractivity contribution >= 4 is 23.6 Å². The lowest BCUT2D eigenvalue weighted by Crippen LogP contribution is -2.23. The Hall–Kier alpha value is -2.17. The number of aliphatic carboxylic acids is 1. The molecule has 1 aromatic rings. The second-order valence-electron chi connectivity index (χ2n) is 4.03. The number of anilines is 1. The van der Waals surface area contributed by atoms with Gasteiger partial charge in [0.05, 0.1) is 0 Å². The average molecular weight is 249 g/mol. The van der Waals surface area contributed by atoms with Crippen molar-refractivity contribution in [2.45, 2.75) is 12.8 Å². The van der Waals surface area contributed by atoms with Crippen molar-refractivity contribution in [3.8, 4) is 0 Å². The predicted octanol–water partition coefficient (Wildman–Crippen LogP) is 2.05. The molecular weight excluding hydrogens is 237 g/mol. The van der Waals surface area contributed by atoms with Gasteiger partial charge in [-0.05, 0) is 30.7 Å². The zero-order valence-electron chi connectivity index (χ0n) is 9.60. The van der Waals surface area contributed by atoms with Crippen molar-refractivity contribution in [1.82, 2.24) is 0 Å². The molecule has 0 atom stereocenters. The zero-order chi connectivity index (χ0) is 13.1. The minimum Gasteiger partial charge on any atom is -0.478 e. The molecule has 1 saturated heterocycles. The Morgan fingerprint density at radius 1 is 1.44 bits per heavy atom. The molecule has 1 aliphatic rings. The van der Waals surface area contributed by atoms with Crippen molar-refractivity contribution in [3.05, 3.63) is 35.7 Å². The van der Waals surface area contributed by atoms with Crippen LogP contribution in [-0.2, 0) is 9.59 Å². The predicted molar refractivity (Wildman–Crippen MR) is 64.7 cm³/mol. The summed E-state index contributed by atoms with van der Waals surface area (Å²) in [6, 6.07) is 4.25. The number of carboxylic acids is 1. The van der Waals surface area contributed by atoms with E-state index in [-0.39, 0.29) is 11.5 Å². The summed E-state index contributed by atoms with van der Waals surface area (Å²) in [5.74, 6) is -1.64. The van der Waals surface area contributed by atoms with Gasteiger partial charge >= 0.3 is 5.97 Å². The van der Waals surface area contributed by atoms with E-state index in [9.17, 15) is 14.0 Å². The summed E-state index contributed by atoms with van der Waals surface area (Å²) in [7, 11) is 0. The van der Waals surface area contributed by atoms with Crippen LogP contribution in [0.1, 0.15) is 18.4 Å². The maximum Gasteiger partial charge on any atom is 0.328 e. The fraction of sp³-hybridized carbons (Fsp3) is 0.231. The molecule has 1 fully saturated rings. The van der Waals surface area contributed by atoms with Crippen molar-refractivity contribution in [1.29, 1.82) is 0 Å². The van der Waals surface area contributed by atoms with E-state index in [1.165, 1.54) is 24.3 Å². The number of carbonyl (C=O) groups excluding carboxylic acids is 1. The maximum absolute atomic E-state index is 13.5. The fourth-order valence-electron chi connectivity index (χ4n) is 1.91. The highest BCUT2D eigenvalue weighted by molar-refractivity contribution is 5.95. The Kier molecular flexibility index (Phi) is 3.41. The lowest BCUT2D eigenvalue weighted by Gasteiger charge is -2.16. The van der Waals surface area contributed by atoms with Crippen LogP contribution in [0.3, 0.4) is 0 Å². The molecular formula is C13H12FNO3.